The van der Waals surface area contributed by atoms with E-state index in [-0.39, 0.29) is 26.2 Å². The number of aliphatic hydroxyl groups excluding tert-OH is 1. The van der Waals surface area contributed by atoms with Crippen molar-refractivity contribution in [3.05, 3.63) is 22.5 Å². The van der Waals surface area contributed by atoms with Gasteiger partial charge >= 0.3 is 11.9 Å². The molecule has 0 aromatic rings. The van der Waals surface area contributed by atoms with E-state index in [0.717, 1.165) is 0 Å². The summed E-state index contributed by atoms with van der Waals surface area (Å²) in [6.07, 6.45) is 0.622. The first-order chi connectivity index (χ1) is 12.3. The highest BCUT2D eigenvalue weighted by atomic mass is 16.6. The predicted octanol–water partition coefficient (Wildman–Crippen LogP) is 2.24. The number of hydrogen-bond donors (Lipinski definition) is 2. The molecule has 1 aliphatic rings. The quantitative estimate of drug-likeness (QED) is 0.621. The second-order valence-electron chi connectivity index (χ2n) is 8.21. The van der Waals surface area contributed by atoms with Gasteiger partial charge in [0.05, 0.1) is 24.4 Å². The Kier molecular flexibility index (Phi) is 7.63. The summed E-state index contributed by atoms with van der Waals surface area (Å²) in [7, 11) is 0. The Bertz CT molecular complexity index is 641. The molecule has 1 rings (SSSR count). The zero-order valence-electron chi connectivity index (χ0n) is 17.6. The van der Waals surface area contributed by atoms with Gasteiger partial charge in [-0.25, -0.2) is 9.59 Å². The molecule has 0 radical (unpaired) electrons. The number of allylic oxidation sites excluding steroid dienone is 2. The maximum Gasteiger partial charge on any atom is 0.336 e. The molecule has 0 saturated heterocycles. The van der Waals surface area contributed by atoms with E-state index in [1.807, 2.05) is 27.7 Å². The lowest BCUT2D eigenvalue weighted by Gasteiger charge is -2.35. The third-order valence-corrected chi connectivity index (χ3v) is 4.38. The van der Waals surface area contributed by atoms with Gasteiger partial charge < -0.3 is 25.2 Å². The number of hydrogen-bond acceptors (Lipinski definition) is 7. The maximum absolute atomic E-state index is 12.9. The molecule has 0 atom stereocenters. The third-order valence-electron chi connectivity index (χ3n) is 4.38. The fraction of sp³-hybridized carbons (Fsp3) is 0.700. The van der Waals surface area contributed by atoms with E-state index in [1.165, 1.54) is 0 Å². The van der Waals surface area contributed by atoms with Crippen molar-refractivity contribution in [1.82, 2.24) is 4.90 Å². The van der Waals surface area contributed by atoms with Crippen LogP contribution in [0.2, 0.25) is 0 Å². The fourth-order valence-corrected chi connectivity index (χ4v) is 3.55. The summed E-state index contributed by atoms with van der Waals surface area (Å²) in [5, 5.41) is 9.39. The van der Waals surface area contributed by atoms with Crippen LogP contribution in [0.4, 0.5) is 0 Å². The summed E-state index contributed by atoms with van der Waals surface area (Å²) in [4.78, 5) is 27.0. The molecule has 0 aliphatic carbocycles. The SMILES string of the molecule is CCOC(=O)C1=C(C)N(CCO)C(C)=C(C(=O)OC(C)(C)CC(C)(C)N)C1. The van der Waals surface area contributed by atoms with Crippen LogP contribution in [-0.4, -0.2) is 52.8 Å². The van der Waals surface area contributed by atoms with Gasteiger partial charge in [-0.15, -0.1) is 0 Å². The largest absolute Gasteiger partial charge is 0.463 e. The molecule has 0 unspecified atom stereocenters. The molecule has 0 amide bonds. The second kappa shape index (κ2) is 8.89. The van der Waals surface area contributed by atoms with Gasteiger partial charge in [0.25, 0.3) is 0 Å². The van der Waals surface area contributed by atoms with Crippen molar-refractivity contribution in [2.24, 2.45) is 5.73 Å². The molecule has 1 heterocycles. The first kappa shape index (κ1) is 23.2. The van der Waals surface area contributed by atoms with E-state index in [4.69, 9.17) is 15.2 Å². The Labute approximate surface area is 162 Å². The van der Waals surface area contributed by atoms with E-state index in [9.17, 15) is 14.7 Å². The molecule has 27 heavy (non-hydrogen) atoms. The number of aliphatic hydroxyl groups is 1. The lowest BCUT2D eigenvalue weighted by molar-refractivity contribution is -0.153. The highest BCUT2D eigenvalue weighted by molar-refractivity contribution is 5.96. The minimum atomic E-state index is -0.759. The summed E-state index contributed by atoms with van der Waals surface area (Å²) < 4.78 is 10.9. The Morgan fingerprint density at radius 1 is 1.11 bits per heavy atom. The Balaban J connectivity index is 3.17. The fourth-order valence-electron chi connectivity index (χ4n) is 3.55. The molecular formula is C20H34N2O5. The Morgan fingerprint density at radius 3 is 2.07 bits per heavy atom. The minimum absolute atomic E-state index is 0.111. The van der Waals surface area contributed by atoms with Gasteiger partial charge in [0.1, 0.15) is 5.60 Å². The number of β-amino-alcohol motifs (C(OH)–C–C–N with tert-alkyl or cyclic N) is 1. The van der Waals surface area contributed by atoms with Gasteiger partial charge in [0.2, 0.25) is 0 Å². The van der Waals surface area contributed by atoms with E-state index >= 15 is 0 Å². The number of nitrogens with two attached hydrogens (primary N) is 1. The molecular weight excluding hydrogens is 348 g/mol. The van der Waals surface area contributed by atoms with Crippen molar-refractivity contribution in [3.63, 3.8) is 0 Å². The molecule has 7 nitrogen and oxygen atoms in total. The summed E-state index contributed by atoms with van der Waals surface area (Å²) in [5.74, 6) is -0.947. The van der Waals surface area contributed by atoms with Crippen LogP contribution in [0.25, 0.3) is 0 Å². The summed E-state index contributed by atoms with van der Waals surface area (Å²) in [5.41, 5.74) is 6.96. The van der Waals surface area contributed by atoms with Crippen molar-refractivity contribution in [2.75, 3.05) is 19.8 Å². The molecule has 0 bridgehead atoms. The summed E-state index contributed by atoms with van der Waals surface area (Å²) in [6, 6.07) is 0. The van der Waals surface area contributed by atoms with Crippen LogP contribution in [0.1, 0.15) is 61.3 Å². The van der Waals surface area contributed by atoms with Crippen LogP contribution < -0.4 is 5.73 Å². The van der Waals surface area contributed by atoms with E-state index in [1.54, 1.807) is 25.7 Å². The first-order valence-corrected chi connectivity index (χ1v) is 9.30. The molecule has 7 heteroatoms. The average Bonchev–Trinajstić information content (AvgIpc) is 2.48. The van der Waals surface area contributed by atoms with Crippen LogP contribution in [0.3, 0.4) is 0 Å². The van der Waals surface area contributed by atoms with Crippen molar-refractivity contribution < 1.29 is 24.2 Å². The lowest BCUT2D eigenvalue weighted by Crippen LogP contribution is -2.43. The van der Waals surface area contributed by atoms with E-state index in [0.29, 0.717) is 29.0 Å². The van der Waals surface area contributed by atoms with Gasteiger partial charge in [-0.1, -0.05) is 0 Å². The highest BCUT2D eigenvalue weighted by Gasteiger charge is 2.35. The van der Waals surface area contributed by atoms with Crippen molar-refractivity contribution in [2.45, 2.75) is 72.4 Å². The molecule has 1 aliphatic heterocycles. The Morgan fingerprint density at radius 2 is 1.63 bits per heavy atom. The van der Waals surface area contributed by atoms with Gasteiger partial charge in [-0.3, -0.25) is 0 Å². The first-order valence-electron chi connectivity index (χ1n) is 9.30. The molecule has 0 aromatic carbocycles. The van der Waals surface area contributed by atoms with E-state index in [2.05, 4.69) is 0 Å². The van der Waals surface area contributed by atoms with Gasteiger partial charge in [0, 0.05) is 36.3 Å². The standard InChI is InChI=1S/C20H34N2O5/c1-8-26-17(24)15-11-16(14(3)22(9-10-23)13(15)2)18(25)27-20(6,7)12-19(4,5)21/h23H,8-12,21H2,1-7H3. The molecule has 154 valence electrons. The van der Waals surface area contributed by atoms with Crippen LogP contribution in [-0.2, 0) is 19.1 Å². The highest BCUT2D eigenvalue weighted by Crippen LogP contribution is 2.33. The number of esters is 2. The van der Waals surface area contributed by atoms with Gasteiger partial charge in [-0.05, 0) is 48.5 Å². The van der Waals surface area contributed by atoms with Crippen molar-refractivity contribution in [1.29, 1.82) is 0 Å². The molecule has 0 fully saturated rings. The normalized spacial score (nSPS) is 16.0. The molecule has 0 saturated carbocycles. The minimum Gasteiger partial charge on any atom is -0.463 e. The average molecular weight is 383 g/mol. The molecule has 0 aromatic heterocycles. The van der Waals surface area contributed by atoms with Crippen LogP contribution in [0.15, 0.2) is 22.5 Å². The summed E-state index contributed by atoms with van der Waals surface area (Å²) in [6.45, 7) is 13.1. The van der Waals surface area contributed by atoms with Crippen molar-refractivity contribution >= 4 is 11.9 Å². The summed E-state index contributed by atoms with van der Waals surface area (Å²) >= 11 is 0. The lowest BCUT2D eigenvalue weighted by atomic mass is 9.90. The van der Waals surface area contributed by atoms with Crippen LogP contribution in [0.5, 0.6) is 0 Å². The number of rotatable bonds is 8. The topological polar surface area (TPSA) is 102 Å². The second-order valence-corrected chi connectivity index (χ2v) is 8.21. The number of carbonyl (C=O) groups excluding carboxylic acids is 2. The smallest absolute Gasteiger partial charge is 0.336 e. The number of ether oxygens (including phenoxy) is 2. The zero-order chi connectivity index (χ0) is 21.0. The van der Waals surface area contributed by atoms with Gasteiger partial charge in [0.15, 0.2) is 0 Å². The van der Waals surface area contributed by atoms with E-state index < -0.39 is 23.1 Å². The van der Waals surface area contributed by atoms with Crippen LogP contribution >= 0.6 is 0 Å². The monoisotopic (exact) mass is 382 g/mol. The predicted molar refractivity (Wildman–Crippen MR) is 103 cm³/mol. The third kappa shape index (κ3) is 6.36. The number of carbonyl (C=O) groups is 2. The maximum atomic E-state index is 12.9. The molecule has 3 N–H and O–H groups in total. The van der Waals surface area contributed by atoms with Crippen molar-refractivity contribution in [3.8, 4) is 0 Å². The number of nitrogens with zero attached hydrogens (tertiary/aromatic N) is 1. The van der Waals surface area contributed by atoms with Crippen LogP contribution in [0, 0.1) is 0 Å². The Hall–Kier alpha value is -1.86. The van der Waals surface area contributed by atoms with Gasteiger partial charge in [-0.2, -0.15) is 0 Å². The zero-order valence-corrected chi connectivity index (χ0v) is 17.6. The molecule has 0 spiro atoms.